The molecule has 0 fully saturated rings. The monoisotopic (exact) mass is 285 g/mol. The van der Waals surface area contributed by atoms with Crippen molar-refractivity contribution in [2.45, 2.75) is 13.1 Å². The number of aromatic nitrogens is 3. The van der Waals surface area contributed by atoms with Crippen molar-refractivity contribution in [2.75, 3.05) is 0 Å². The van der Waals surface area contributed by atoms with Gasteiger partial charge in [-0.15, -0.1) is 0 Å². The van der Waals surface area contributed by atoms with Gasteiger partial charge in [0.25, 0.3) is 0 Å². The van der Waals surface area contributed by atoms with E-state index in [1.807, 2.05) is 0 Å². The van der Waals surface area contributed by atoms with Crippen LogP contribution in [0.3, 0.4) is 0 Å². The fourth-order valence-electron chi connectivity index (χ4n) is 1.56. The maximum absolute atomic E-state index is 12.7. The number of aryl methyl sites for hydroxylation is 1. The zero-order chi connectivity index (χ0) is 14.9. The molecule has 2 rings (SSSR count). The molecule has 20 heavy (non-hydrogen) atoms. The van der Waals surface area contributed by atoms with Gasteiger partial charge >= 0.3 is 6.18 Å². The van der Waals surface area contributed by atoms with Gasteiger partial charge in [-0.1, -0.05) is 5.16 Å². The SMILES string of the molecule is Cc1cnn(-c2nc(C(F)(F)F)ccc2C(N)=NO)c1. The first kappa shape index (κ1) is 13.8. The third-order valence-corrected chi connectivity index (χ3v) is 2.48. The van der Waals surface area contributed by atoms with Crippen LogP contribution in [0.2, 0.25) is 0 Å². The molecule has 0 saturated heterocycles. The summed E-state index contributed by atoms with van der Waals surface area (Å²) in [6.45, 7) is 1.72. The minimum atomic E-state index is -4.60. The van der Waals surface area contributed by atoms with Crippen LogP contribution in [0.25, 0.3) is 5.82 Å². The topological polar surface area (TPSA) is 89.3 Å². The quantitative estimate of drug-likeness (QED) is 0.380. The van der Waals surface area contributed by atoms with Gasteiger partial charge in [-0.25, -0.2) is 9.67 Å². The molecular formula is C11H10F3N5O. The Morgan fingerprint density at radius 2 is 2.10 bits per heavy atom. The average Bonchev–Trinajstić information content (AvgIpc) is 2.82. The van der Waals surface area contributed by atoms with Crippen LogP contribution in [0.1, 0.15) is 16.8 Å². The first-order valence-electron chi connectivity index (χ1n) is 5.40. The number of hydrogen-bond acceptors (Lipinski definition) is 4. The molecule has 0 radical (unpaired) electrons. The van der Waals surface area contributed by atoms with Gasteiger partial charge in [-0.3, -0.25) is 0 Å². The molecule has 106 valence electrons. The van der Waals surface area contributed by atoms with Crippen molar-refractivity contribution >= 4 is 5.84 Å². The minimum Gasteiger partial charge on any atom is -0.409 e. The highest BCUT2D eigenvalue weighted by Gasteiger charge is 2.33. The second-order valence-electron chi connectivity index (χ2n) is 4.01. The number of halogens is 3. The molecule has 3 N–H and O–H groups in total. The van der Waals surface area contributed by atoms with E-state index in [1.165, 1.54) is 12.4 Å². The lowest BCUT2D eigenvalue weighted by Crippen LogP contribution is -2.20. The van der Waals surface area contributed by atoms with Crippen molar-refractivity contribution in [3.8, 4) is 5.82 Å². The molecule has 2 aromatic heterocycles. The van der Waals surface area contributed by atoms with Crippen LogP contribution in [-0.4, -0.2) is 25.8 Å². The number of rotatable bonds is 2. The van der Waals surface area contributed by atoms with E-state index < -0.39 is 11.9 Å². The number of amidine groups is 1. The summed E-state index contributed by atoms with van der Waals surface area (Å²) < 4.78 is 39.2. The fraction of sp³-hybridized carbons (Fsp3) is 0.182. The van der Waals surface area contributed by atoms with E-state index in [0.29, 0.717) is 0 Å². The van der Waals surface area contributed by atoms with E-state index in [-0.39, 0.29) is 17.2 Å². The van der Waals surface area contributed by atoms with Crippen LogP contribution in [0.5, 0.6) is 0 Å². The van der Waals surface area contributed by atoms with Gasteiger partial charge in [0.15, 0.2) is 11.7 Å². The molecule has 0 saturated carbocycles. The van der Waals surface area contributed by atoms with E-state index in [4.69, 9.17) is 10.9 Å². The van der Waals surface area contributed by atoms with Crippen molar-refractivity contribution in [3.05, 3.63) is 41.3 Å². The Kier molecular flexibility index (Phi) is 3.35. The molecule has 0 aliphatic rings. The molecule has 2 heterocycles. The Balaban J connectivity index is 2.66. The number of pyridine rings is 1. The van der Waals surface area contributed by atoms with E-state index in [0.717, 1.165) is 22.4 Å². The predicted molar refractivity (Wildman–Crippen MR) is 63.6 cm³/mol. The summed E-state index contributed by atoms with van der Waals surface area (Å²) in [7, 11) is 0. The number of hydrogen-bond donors (Lipinski definition) is 2. The van der Waals surface area contributed by atoms with E-state index in [9.17, 15) is 13.2 Å². The Morgan fingerprint density at radius 1 is 1.40 bits per heavy atom. The molecule has 0 spiro atoms. The van der Waals surface area contributed by atoms with Crippen molar-refractivity contribution < 1.29 is 18.4 Å². The van der Waals surface area contributed by atoms with Gasteiger partial charge in [-0.2, -0.15) is 18.3 Å². The van der Waals surface area contributed by atoms with Crippen LogP contribution in [0.15, 0.2) is 29.7 Å². The zero-order valence-corrected chi connectivity index (χ0v) is 10.3. The third-order valence-electron chi connectivity index (χ3n) is 2.48. The molecular weight excluding hydrogens is 275 g/mol. The highest BCUT2D eigenvalue weighted by Crippen LogP contribution is 2.29. The third kappa shape index (κ3) is 2.56. The maximum Gasteiger partial charge on any atom is 0.433 e. The van der Waals surface area contributed by atoms with Gasteiger partial charge in [0.05, 0.1) is 11.8 Å². The van der Waals surface area contributed by atoms with Gasteiger partial charge in [0.2, 0.25) is 0 Å². The number of nitrogens with zero attached hydrogens (tertiary/aromatic N) is 4. The minimum absolute atomic E-state index is 0.0450. The Morgan fingerprint density at radius 3 is 2.60 bits per heavy atom. The van der Waals surface area contributed by atoms with Crippen molar-refractivity contribution in [1.82, 2.24) is 14.8 Å². The second-order valence-corrected chi connectivity index (χ2v) is 4.01. The van der Waals surface area contributed by atoms with Gasteiger partial charge in [0.1, 0.15) is 5.69 Å². The Bertz CT molecular complexity index is 662. The summed E-state index contributed by atoms with van der Waals surface area (Å²) in [6, 6.07) is 1.84. The molecule has 2 aromatic rings. The first-order chi connectivity index (χ1) is 9.32. The number of nitrogens with two attached hydrogens (primary N) is 1. The summed E-state index contributed by atoms with van der Waals surface area (Å²) in [4.78, 5) is 3.50. The molecule has 9 heteroatoms. The predicted octanol–water partition coefficient (Wildman–Crippen LogP) is 1.69. The molecule has 0 amide bonds. The molecule has 0 atom stereocenters. The van der Waals surface area contributed by atoms with E-state index in [1.54, 1.807) is 6.92 Å². The normalized spacial score (nSPS) is 12.7. The molecule has 6 nitrogen and oxygen atoms in total. The van der Waals surface area contributed by atoms with Crippen LogP contribution < -0.4 is 5.73 Å². The fourth-order valence-corrected chi connectivity index (χ4v) is 1.56. The summed E-state index contributed by atoms with van der Waals surface area (Å²) in [5, 5.41) is 15.3. The van der Waals surface area contributed by atoms with Gasteiger partial charge in [-0.05, 0) is 24.6 Å². The summed E-state index contributed by atoms with van der Waals surface area (Å²) in [6.07, 6.45) is -1.66. The number of alkyl halides is 3. The summed E-state index contributed by atoms with van der Waals surface area (Å²) in [5.41, 5.74) is 5.12. The van der Waals surface area contributed by atoms with Crippen LogP contribution in [0, 0.1) is 6.92 Å². The number of oxime groups is 1. The summed E-state index contributed by atoms with van der Waals surface area (Å²) >= 11 is 0. The standard InChI is InChI=1S/C11H10F3N5O/c1-6-4-16-19(5-6)10-7(9(15)18-20)2-3-8(17-10)11(12,13)14/h2-5,20H,1H3,(H2,15,18). The highest BCUT2D eigenvalue weighted by molar-refractivity contribution is 5.99. The highest BCUT2D eigenvalue weighted by atomic mass is 19.4. The van der Waals surface area contributed by atoms with Crippen molar-refractivity contribution in [2.24, 2.45) is 10.9 Å². The maximum atomic E-state index is 12.7. The summed E-state index contributed by atoms with van der Waals surface area (Å²) in [5.74, 6) is -0.516. The molecule has 0 unspecified atom stereocenters. The molecule has 0 aliphatic heterocycles. The second kappa shape index (κ2) is 4.83. The zero-order valence-electron chi connectivity index (χ0n) is 10.3. The smallest absolute Gasteiger partial charge is 0.409 e. The molecule has 0 bridgehead atoms. The van der Waals surface area contributed by atoms with E-state index in [2.05, 4.69) is 15.2 Å². The lowest BCUT2D eigenvalue weighted by atomic mass is 10.2. The lowest BCUT2D eigenvalue weighted by molar-refractivity contribution is -0.141. The molecule has 0 aromatic carbocycles. The van der Waals surface area contributed by atoms with Gasteiger partial charge in [0, 0.05) is 6.20 Å². The molecule has 0 aliphatic carbocycles. The Labute approximate surface area is 111 Å². The van der Waals surface area contributed by atoms with Crippen LogP contribution >= 0.6 is 0 Å². The van der Waals surface area contributed by atoms with Crippen LogP contribution in [-0.2, 0) is 6.18 Å². The van der Waals surface area contributed by atoms with Crippen LogP contribution in [0.4, 0.5) is 13.2 Å². The average molecular weight is 285 g/mol. The van der Waals surface area contributed by atoms with Crippen molar-refractivity contribution in [1.29, 1.82) is 0 Å². The van der Waals surface area contributed by atoms with Gasteiger partial charge < -0.3 is 10.9 Å². The van der Waals surface area contributed by atoms with Crippen molar-refractivity contribution in [3.63, 3.8) is 0 Å². The largest absolute Gasteiger partial charge is 0.433 e. The van der Waals surface area contributed by atoms with E-state index >= 15 is 0 Å². The Hall–Kier alpha value is -2.58. The lowest BCUT2D eigenvalue weighted by Gasteiger charge is -2.11. The first-order valence-corrected chi connectivity index (χ1v) is 5.40.